The van der Waals surface area contributed by atoms with Gasteiger partial charge in [0.25, 0.3) is 0 Å². The second-order valence-electron chi connectivity index (χ2n) is 1.41. The smallest absolute Gasteiger partial charge is 1.00 e. The van der Waals surface area contributed by atoms with Crippen LogP contribution in [0.4, 0.5) is 5.69 Å². The van der Waals surface area contributed by atoms with Crippen molar-refractivity contribution in [1.82, 2.24) is 0 Å². The van der Waals surface area contributed by atoms with E-state index in [2.05, 4.69) is 0 Å². The first-order valence-electron chi connectivity index (χ1n) is 2.20. The number of para-hydroxylation sites is 1. The van der Waals surface area contributed by atoms with Crippen LogP contribution in [0.5, 0.6) is 0 Å². The second kappa shape index (κ2) is 4.47. The molecule has 0 radical (unpaired) electrons. The van der Waals surface area contributed by atoms with E-state index in [1.165, 1.54) is 0 Å². The van der Waals surface area contributed by atoms with Crippen molar-refractivity contribution in [3.05, 3.63) is 30.3 Å². The molecule has 0 saturated carbocycles. The zero-order valence-electron chi connectivity index (χ0n) is 6.67. The molecule has 0 bridgehead atoms. The van der Waals surface area contributed by atoms with Crippen LogP contribution in [-0.4, -0.2) is 48.9 Å². The second-order valence-corrected chi connectivity index (χ2v) is 1.41. The SMILES string of the molecule is Nc1ccccc1.[Ba+2].[H-].[H-]. The Kier molecular flexibility index (Phi) is 4.80. The van der Waals surface area contributed by atoms with Crippen LogP contribution in [-0.2, 0) is 0 Å². The third kappa shape index (κ3) is 2.79. The van der Waals surface area contributed by atoms with Crippen LogP contribution in [0.1, 0.15) is 2.85 Å². The largest absolute Gasteiger partial charge is 2.00 e. The molecule has 0 heterocycles. The molecule has 1 aromatic carbocycles. The quantitative estimate of drug-likeness (QED) is 0.526. The Balaban J connectivity index is -0.000000163. The zero-order valence-corrected chi connectivity index (χ0v) is 9.11. The number of hydrogen-bond acceptors (Lipinski definition) is 1. The van der Waals surface area contributed by atoms with Crippen molar-refractivity contribution in [2.75, 3.05) is 5.73 Å². The molecule has 0 amide bonds. The molecule has 8 heavy (non-hydrogen) atoms. The summed E-state index contributed by atoms with van der Waals surface area (Å²) < 4.78 is 0. The molecule has 0 atom stereocenters. The van der Waals surface area contributed by atoms with Gasteiger partial charge in [-0.15, -0.1) is 0 Å². The number of nitrogens with two attached hydrogens (primary N) is 1. The van der Waals surface area contributed by atoms with Crippen molar-refractivity contribution in [3.63, 3.8) is 0 Å². The molecule has 1 nitrogen and oxygen atoms in total. The zero-order chi connectivity index (χ0) is 5.11. The van der Waals surface area contributed by atoms with E-state index in [1.54, 1.807) is 0 Å². The summed E-state index contributed by atoms with van der Waals surface area (Å²) in [4.78, 5) is 0. The van der Waals surface area contributed by atoms with Crippen molar-refractivity contribution < 1.29 is 2.85 Å². The molecule has 0 saturated heterocycles. The Bertz CT molecular complexity index is 146. The first kappa shape index (κ1) is 8.59. The van der Waals surface area contributed by atoms with Gasteiger partial charge in [0.15, 0.2) is 0 Å². The molecule has 0 unspecified atom stereocenters. The van der Waals surface area contributed by atoms with E-state index in [-0.39, 0.29) is 51.7 Å². The van der Waals surface area contributed by atoms with Crippen LogP contribution in [0.15, 0.2) is 30.3 Å². The predicted molar refractivity (Wildman–Crippen MR) is 38.8 cm³/mol. The van der Waals surface area contributed by atoms with Gasteiger partial charge in [0.2, 0.25) is 0 Å². The minimum atomic E-state index is 0. The number of rotatable bonds is 0. The maximum Gasteiger partial charge on any atom is 2.00 e. The van der Waals surface area contributed by atoms with Crippen LogP contribution >= 0.6 is 0 Å². The molecule has 40 valence electrons. The van der Waals surface area contributed by atoms with Crippen molar-refractivity contribution in [2.24, 2.45) is 0 Å². The minimum absolute atomic E-state index is 0. The van der Waals surface area contributed by atoms with E-state index in [4.69, 9.17) is 5.73 Å². The molecule has 2 heteroatoms. The average Bonchev–Trinajstić information content (AvgIpc) is 1.69. The Hall–Kier alpha value is 0.591. The third-order valence-electron chi connectivity index (χ3n) is 0.800. The van der Waals surface area contributed by atoms with Gasteiger partial charge in [-0.3, -0.25) is 0 Å². The Morgan fingerprint density at radius 2 is 1.62 bits per heavy atom. The van der Waals surface area contributed by atoms with Gasteiger partial charge in [-0.05, 0) is 12.1 Å². The van der Waals surface area contributed by atoms with Gasteiger partial charge in [0.05, 0.1) is 0 Å². The van der Waals surface area contributed by atoms with E-state index < -0.39 is 0 Å². The maximum atomic E-state index is 5.36. The third-order valence-corrected chi connectivity index (χ3v) is 0.800. The van der Waals surface area contributed by atoms with Gasteiger partial charge in [-0.25, -0.2) is 0 Å². The predicted octanol–water partition coefficient (Wildman–Crippen LogP) is 1.11. The van der Waals surface area contributed by atoms with Gasteiger partial charge in [-0.2, -0.15) is 0 Å². The van der Waals surface area contributed by atoms with E-state index in [0.717, 1.165) is 5.69 Å². The van der Waals surface area contributed by atoms with Crippen LogP contribution < -0.4 is 5.73 Å². The van der Waals surface area contributed by atoms with Gasteiger partial charge < -0.3 is 8.59 Å². The molecule has 2 N–H and O–H groups in total. The summed E-state index contributed by atoms with van der Waals surface area (Å²) in [7, 11) is 0. The van der Waals surface area contributed by atoms with Gasteiger partial charge >= 0.3 is 48.9 Å². The number of benzene rings is 1. The molecule has 0 aliphatic heterocycles. The molecule has 0 aliphatic carbocycles. The van der Waals surface area contributed by atoms with Crippen molar-refractivity contribution in [2.45, 2.75) is 0 Å². The molecule has 0 aliphatic rings. The van der Waals surface area contributed by atoms with Crippen LogP contribution in [0.2, 0.25) is 0 Å². The maximum absolute atomic E-state index is 5.36. The fourth-order valence-corrected chi connectivity index (χ4v) is 0.453. The minimum Gasteiger partial charge on any atom is -1.00 e. The Labute approximate surface area is 92.3 Å². The van der Waals surface area contributed by atoms with Crippen molar-refractivity contribution in [3.8, 4) is 0 Å². The Morgan fingerprint density at radius 3 is 1.88 bits per heavy atom. The summed E-state index contributed by atoms with van der Waals surface area (Å²) in [6, 6.07) is 9.49. The standard InChI is InChI=1S/C6H7N.Ba.2H/c7-6-4-2-1-3-5-6;;;/h1-5H,7H2;;;/q;+2;2*-1. The van der Waals surface area contributed by atoms with Crippen molar-refractivity contribution in [1.29, 1.82) is 0 Å². The van der Waals surface area contributed by atoms with E-state index in [9.17, 15) is 0 Å². The molecule has 1 aromatic rings. The summed E-state index contributed by atoms with van der Waals surface area (Å²) in [5.41, 5.74) is 6.18. The van der Waals surface area contributed by atoms with Crippen LogP contribution in [0, 0.1) is 0 Å². The molecular weight excluding hydrogens is 223 g/mol. The average molecular weight is 232 g/mol. The first-order valence-corrected chi connectivity index (χ1v) is 2.20. The van der Waals surface area contributed by atoms with Crippen molar-refractivity contribution >= 4 is 54.6 Å². The molecule has 1 rings (SSSR count). The molecular formula is C6H9BaN. The molecule has 0 fully saturated rings. The number of anilines is 1. The summed E-state index contributed by atoms with van der Waals surface area (Å²) in [5.74, 6) is 0. The summed E-state index contributed by atoms with van der Waals surface area (Å²) in [5, 5.41) is 0. The van der Waals surface area contributed by atoms with Gasteiger partial charge in [0, 0.05) is 5.69 Å². The van der Waals surface area contributed by atoms with Crippen LogP contribution in [0.25, 0.3) is 0 Å². The van der Waals surface area contributed by atoms with E-state index >= 15 is 0 Å². The van der Waals surface area contributed by atoms with Crippen LogP contribution in [0.3, 0.4) is 0 Å². The fraction of sp³-hybridized carbons (Fsp3) is 0. The number of nitrogen functional groups attached to an aromatic ring is 1. The topological polar surface area (TPSA) is 26.0 Å². The summed E-state index contributed by atoms with van der Waals surface area (Å²) in [6.45, 7) is 0. The van der Waals surface area contributed by atoms with Gasteiger partial charge in [0.1, 0.15) is 0 Å². The monoisotopic (exact) mass is 233 g/mol. The molecule has 0 aromatic heterocycles. The van der Waals surface area contributed by atoms with E-state index in [1.807, 2.05) is 30.3 Å². The normalized spacial score (nSPS) is 7.50. The van der Waals surface area contributed by atoms with E-state index in [0.29, 0.717) is 0 Å². The Morgan fingerprint density at radius 1 is 1.12 bits per heavy atom. The first-order chi connectivity index (χ1) is 3.39. The fourth-order valence-electron chi connectivity index (χ4n) is 0.453. The summed E-state index contributed by atoms with van der Waals surface area (Å²) >= 11 is 0. The summed E-state index contributed by atoms with van der Waals surface area (Å²) in [6.07, 6.45) is 0. The number of hydrogen-bond donors (Lipinski definition) is 1. The molecule has 0 spiro atoms. The van der Waals surface area contributed by atoms with Gasteiger partial charge in [-0.1, -0.05) is 18.2 Å².